The minimum absolute atomic E-state index is 0.635. The smallest absolute Gasteiger partial charge is 0.0806 e. The summed E-state index contributed by atoms with van der Waals surface area (Å²) in [7, 11) is 0. The number of hydrogen-bond donors (Lipinski definition) is 2. The lowest BCUT2D eigenvalue weighted by Crippen LogP contribution is -2.07. The van der Waals surface area contributed by atoms with Gasteiger partial charge >= 0.3 is 0 Å². The highest BCUT2D eigenvalue weighted by molar-refractivity contribution is 5.63. The average molecular weight is 174 g/mol. The largest absolute Gasteiger partial charge is 0.396 e. The van der Waals surface area contributed by atoms with Gasteiger partial charge in [-0.1, -0.05) is 0 Å². The Morgan fingerprint density at radius 2 is 2.08 bits per heavy atom. The van der Waals surface area contributed by atoms with E-state index in [0.29, 0.717) is 5.69 Å². The van der Waals surface area contributed by atoms with E-state index in [4.69, 9.17) is 5.73 Å². The number of pyridine rings is 1. The number of rotatable bonds is 2. The van der Waals surface area contributed by atoms with E-state index in [0.717, 1.165) is 5.69 Å². The molecule has 0 atom stereocenters. The lowest BCUT2D eigenvalue weighted by atomic mass is 10.4. The second kappa shape index (κ2) is 3.18. The summed E-state index contributed by atoms with van der Waals surface area (Å²) in [6.45, 7) is 0. The van der Waals surface area contributed by atoms with Crippen LogP contribution >= 0.6 is 0 Å². The van der Waals surface area contributed by atoms with Gasteiger partial charge in [0, 0.05) is 18.6 Å². The van der Waals surface area contributed by atoms with Crippen LogP contribution in [0.4, 0.5) is 11.4 Å². The van der Waals surface area contributed by atoms with Crippen molar-refractivity contribution in [2.75, 3.05) is 11.2 Å². The summed E-state index contributed by atoms with van der Waals surface area (Å²) in [5.74, 6) is 0. The first-order chi connectivity index (χ1) is 6.36. The van der Waals surface area contributed by atoms with Crippen LogP contribution in [0.3, 0.4) is 0 Å². The SMILES string of the molecule is Nc1cnccc1Nn1cccc1. The third kappa shape index (κ3) is 1.61. The molecule has 2 aromatic rings. The zero-order chi connectivity index (χ0) is 9.10. The van der Waals surface area contributed by atoms with Gasteiger partial charge in [0.05, 0.1) is 17.6 Å². The molecule has 66 valence electrons. The van der Waals surface area contributed by atoms with E-state index in [1.165, 1.54) is 0 Å². The Morgan fingerprint density at radius 3 is 2.77 bits per heavy atom. The molecule has 2 heterocycles. The third-order valence-corrected chi connectivity index (χ3v) is 1.71. The van der Waals surface area contributed by atoms with Crippen molar-refractivity contribution in [1.82, 2.24) is 9.66 Å². The van der Waals surface area contributed by atoms with Gasteiger partial charge in [-0.15, -0.1) is 0 Å². The highest BCUT2D eigenvalue weighted by Gasteiger charge is 1.95. The second-order valence-electron chi connectivity index (χ2n) is 2.67. The highest BCUT2D eigenvalue weighted by atomic mass is 15.4. The van der Waals surface area contributed by atoms with Crippen molar-refractivity contribution in [1.29, 1.82) is 0 Å². The molecule has 3 N–H and O–H groups in total. The number of nitrogens with one attached hydrogen (secondary N) is 1. The molecular weight excluding hydrogens is 164 g/mol. The summed E-state index contributed by atoms with van der Waals surface area (Å²) < 4.78 is 1.83. The van der Waals surface area contributed by atoms with Gasteiger partial charge in [0.2, 0.25) is 0 Å². The predicted molar refractivity (Wildman–Crippen MR) is 52.1 cm³/mol. The molecule has 0 fully saturated rings. The van der Waals surface area contributed by atoms with E-state index in [2.05, 4.69) is 10.4 Å². The van der Waals surface area contributed by atoms with Crippen LogP contribution in [-0.4, -0.2) is 9.66 Å². The Morgan fingerprint density at radius 1 is 1.31 bits per heavy atom. The van der Waals surface area contributed by atoms with Crippen LogP contribution in [0.15, 0.2) is 43.0 Å². The molecule has 0 saturated carbocycles. The fourth-order valence-corrected chi connectivity index (χ4v) is 1.06. The molecule has 0 saturated heterocycles. The van der Waals surface area contributed by atoms with Gasteiger partial charge in [-0.2, -0.15) is 0 Å². The molecule has 0 radical (unpaired) electrons. The number of aromatic nitrogens is 2. The first-order valence-corrected chi connectivity index (χ1v) is 3.96. The van der Waals surface area contributed by atoms with Crippen LogP contribution in [0.1, 0.15) is 0 Å². The average Bonchev–Trinajstić information content (AvgIpc) is 2.61. The van der Waals surface area contributed by atoms with E-state index < -0.39 is 0 Å². The second-order valence-corrected chi connectivity index (χ2v) is 2.67. The fraction of sp³-hybridized carbons (Fsp3) is 0. The quantitative estimate of drug-likeness (QED) is 0.722. The molecule has 0 aliphatic rings. The maximum atomic E-state index is 5.70. The molecule has 0 aromatic carbocycles. The topological polar surface area (TPSA) is 55.9 Å². The summed E-state index contributed by atoms with van der Waals surface area (Å²) >= 11 is 0. The first kappa shape index (κ1) is 7.67. The molecule has 2 aromatic heterocycles. The Hall–Kier alpha value is -1.97. The molecule has 4 nitrogen and oxygen atoms in total. The maximum absolute atomic E-state index is 5.70. The van der Waals surface area contributed by atoms with Gasteiger partial charge in [-0.05, 0) is 18.2 Å². The Kier molecular flexibility index (Phi) is 1.88. The van der Waals surface area contributed by atoms with Gasteiger partial charge in [-0.3, -0.25) is 15.1 Å². The fourth-order valence-electron chi connectivity index (χ4n) is 1.06. The van der Waals surface area contributed by atoms with Crippen LogP contribution in [0.5, 0.6) is 0 Å². The van der Waals surface area contributed by atoms with Crippen molar-refractivity contribution in [3.63, 3.8) is 0 Å². The van der Waals surface area contributed by atoms with Crippen LogP contribution in [-0.2, 0) is 0 Å². The van der Waals surface area contributed by atoms with E-state index in [1.807, 2.05) is 35.3 Å². The first-order valence-electron chi connectivity index (χ1n) is 3.96. The van der Waals surface area contributed by atoms with Crippen LogP contribution < -0.4 is 11.2 Å². The standard InChI is InChI=1S/C9H10N4/c10-8-7-11-4-3-9(8)12-13-5-1-2-6-13/h1-7H,10H2,(H,11,12). The van der Waals surface area contributed by atoms with E-state index in [9.17, 15) is 0 Å². The molecule has 0 bridgehead atoms. The Bertz CT molecular complexity index is 380. The zero-order valence-corrected chi connectivity index (χ0v) is 7.01. The molecule has 0 aliphatic heterocycles. The van der Waals surface area contributed by atoms with Gasteiger partial charge in [0.1, 0.15) is 0 Å². The van der Waals surface area contributed by atoms with Crippen molar-refractivity contribution >= 4 is 11.4 Å². The summed E-state index contributed by atoms with van der Waals surface area (Å²) in [6.07, 6.45) is 7.12. The minimum atomic E-state index is 0.635. The molecule has 0 unspecified atom stereocenters. The van der Waals surface area contributed by atoms with Crippen molar-refractivity contribution < 1.29 is 0 Å². The number of nitrogens with two attached hydrogens (primary N) is 1. The molecule has 2 rings (SSSR count). The lowest BCUT2D eigenvalue weighted by Gasteiger charge is -2.08. The molecule has 0 aliphatic carbocycles. The van der Waals surface area contributed by atoms with Crippen LogP contribution in [0.2, 0.25) is 0 Å². The van der Waals surface area contributed by atoms with Gasteiger partial charge in [-0.25, -0.2) is 0 Å². The minimum Gasteiger partial charge on any atom is -0.396 e. The van der Waals surface area contributed by atoms with E-state index in [1.54, 1.807) is 12.4 Å². The van der Waals surface area contributed by atoms with Gasteiger partial charge in [0.15, 0.2) is 0 Å². The van der Waals surface area contributed by atoms with E-state index >= 15 is 0 Å². The van der Waals surface area contributed by atoms with Gasteiger partial charge in [0.25, 0.3) is 0 Å². The normalized spacial score (nSPS) is 9.85. The van der Waals surface area contributed by atoms with Crippen LogP contribution in [0, 0.1) is 0 Å². The Labute approximate surface area is 76.0 Å². The molecule has 0 amide bonds. The summed E-state index contributed by atoms with van der Waals surface area (Å²) in [4.78, 5) is 3.90. The predicted octanol–water partition coefficient (Wildman–Crippen LogP) is 1.34. The summed E-state index contributed by atoms with van der Waals surface area (Å²) in [5.41, 5.74) is 10.3. The number of hydrogen-bond acceptors (Lipinski definition) is 3. The number of nitrogens with zero attached hydrogens (tertiary/aromatic N) is 2. The van der Waals surface area contributed by atoms with E-state index in [-0.39, 0.29) is 0 Å². The van der Waals surface area contributed by atoms with Gasteiger partial charge < -0.3 is 5.73 Å². The molecule has 13 heavy (non-hydrogen) atoms. The van der Waals surface area contributed by atoms with Crippen molar-refractivity contribution in [2.45, 2.75) is 0 Å². The van der Waals surface area contributed by atoms with Crippen molar-refractivity contribution in [2.24, 2.45) is 0 Å². The molecular formula is C9H10N4. The summed E-state index contributed by atoms with van der Waals surface area (Å²) in [6, 6.07) is 5.70. The van der Waals surface area contributed by atoms with Crippen molar-refractivity contribution in [3.05, 3.63) is 43.0 Å². The van der Waals surface area contributed by atoms with Crippen molar-refractivity contribution in [3.8, 4) is 0 Å². The highest BCUT2D eigenvalue weighted by Crippen LogP contribution is 2.14. The summed E-state index contributed by atoms with van der Waals surface area (Å²) in [5, 5.41) is 0. The van der Waals surface area contributed by atoms with Crippen LogP contribution in [0.25, 0.3) is 0 Å². The zero-order valence-electron chi connectivity index (χ0n) is 7.01. The third-order valence-electron chi connectivity index (χ3n) is 1.71. The number of nitrogen functional groups attached to an aromatic ring is 1. The number of anilines is 2. The molecule has 0 spiro atoms. The monoisotopic (exact) mass is 174 g/mol. The lowest BCUT2D eigenvalue weighted by molar-refractivity contribution is 0.970. The maximum Gasteiger partial charge on any atom is 0.0806 e. The Balaban J connectivity index is 2.24. The molecule has 4 heteroatoms.